The van der Waals surface area contributed by atoms with Gasteiger partial charge >= 0.3 is 5.97 Å². The summed E-state index contributed by atoms with van der Waals surface area (Å²) in [5.74, 6) is -1.05. The number of benzene rings is 1. The fourth-order valence-electron chi connectivity index (χ4n) is 1.48. The minimum atomic E-state index is -1.05. The van der Waals surface area contributed by atoms with Crippen molar-refractivity contribution in [2.24, 2.45) is 0 Å². The van der Waals surface area contributed by atoms with Gasteiger partial charge in [-0.25, -0.2) is 0 Å². The van der Waals surface area contributed by atoms with E-state index in [1.807, 2.05) is 22.6 Å². The third-order valence-corrected chi connectivity index (χ3v) is 2.82. The van der Waals surface area contributed by atoms with E-state index in [0.29, 0.717) is 0 Å². The largest absolute Gasteiger partial charge is 0.480 e. The standard InChI is InChI=1S/C11H11IN2O4/c1-2-5-13(7-11(15)16)9-4-3-8(12)6-10(9)14(17)18/h2-4,6H,1,5,7H2,(H,15,16). The monoisotopic (exact) mass is 362 g/mol. The lowest BCUT2D eigenvalue weighted by Crippen LogP contribution is -2.30. The van der Waals surface area contributed by atoms with Crippen molar-refractivity contribution < 1.29 is 14.8 Å². The van der Waals surface area contributed by atoms with Crippen LogP contribution in [0.4, 0.5) is 11.4 Å². The molecule has 0 aromatic heterocycles. The Bertz CT molecular complexity index is 490. The van der Waals surface area contributed by atoms with Gasteiger partial charge < -0.3 is 10.0 Å². The van der Waals surface area contributed by atoms with Crippen LogP contribution in [0.2, 0.25) is 0 Å². The highest BCUT2D eigenvalue weighted by molar-refractivity contribution is 14.1. The maximum absolute atomic E-state index is 11.0. The van der Waals surface area contributed by atoms with Gasteiger partial charge in [0.2, 0.25) is 0 Å². The molecule has 0 radical (unpaired) electrons. The lowest BCUT2D eigenvalue weighted by atomic mass is 10.2. The summed E-state index contributed by atoms with van der Waals surface area (Å²) in [5, 5.41) is 19.8. The predicted molar refractivity (Wildman–Crippen MR) is 75.9 cm³/mol. The molecule has 0 fully saturated rings. The van der Waals surface area contributed by atoms with Crippen LogP contribution in [0.25, 0.3) is 0 Å². The van der Waals surface area contributed by atoms with Crippen LogP contribution in [0.5, 0.6) is 0 Å². The summed E-state index contributed by atoms with van der Waals surface area (Å²) in [6.45, 7) is 3.44. The van der Waals surface area contributed by atoms with E-state index in [2.05, 4.69) is 6.58 Å². The van der Waals surface area contributed by atoms with Gasteiger partial charge in [0.25, 0.3) is 5.69 Å². The van der Waals surface area contributed by atoms with Gasteiger partial charge in [0, 0.05) is 16.2 Å². The number of rotatable bonds is 6. The molecule has 0 atom stereocenters. The third kappa shape index (κ3) is 3.69. The van der Waals surface area contributed by atoms with Gasteiger partial charge in [0.15, 0.2) is 0 Å². The van der Waals surface area contributed by atoms with Crippen LogP contribution < -0.4 is 4.90 Å². The van der Waals surface area contributed by atoms with E-state index in [-0.39, 0.29) is 24.5 Å². The fourth-order valence-corrected chi connectivity index (χ4v) is 1.95. The molecule has 1 aromatic carbocycles. The lowest BCUT2D eigenvalue weighted by Gasteiger charge is -2.20. The second kappa shape index (κ2) is 6.34. The molecule has 96 valence electrons. The molecule has 0 saturated carbocycles. The van der Waals surface area contributed by atoms with E-state index < -0.39 is 10.9 Å². The number of hydrogen-bond donors (Lipinski definition) is 1. The SMILES string of the molecule is C=CCN(CC(=O)O)c1ccc(I)cc1[N+](=O)[O-]. The van der Waals surface area contributed by atoms with Gasteiger partial charge in [-0.3, -0.25) is 14.9 Å². The number of nitro groups is 1. The summed E-state index contributed by atoms with van der Waals surface area (Å²) in [6.07, 6.45) is 1.50. The molecule has 6 nitrogen and oxygen atoms in total. The van der Waals surface area contributed by atoms with Gasteiger partial charge in [-0.15, -0.1) is 6.58 Å². The molecule has 18 heavy (non-hydrogen) atoms. The Morgan fingerprint density at radius 1 is 1.61 bits per heavy atom. The van der Waals surface area contributed by atoms with Crippen molar-refractivity contribution in [1.29, 1.82) is 0 Å². The lowest BCUT2D eigenvalue weighted by molar-refractivity contribution is -0.384. The Morgan fingerprint density at radius 3 is 2.78 bits per heavy atom. The van der Waals surface area contributed by atoms with Crippen molar-refractivity contribution in [2.45, 2.75) is 0 Å². The van der Waals surface area contributed by atoms with E-state index in [0.717, 1.165) is 3.57 Å². The van der Waals surface area contributed by atoms with Crippen molar-refractivity contribution in [1.82, 2.24) is 0 Å². The van der Waals surface area contributed by atoms with Crippen LogP contribution in [0.1, 0.15) is 0 Å². The molecule has 1 aromatic rings. The highest BCUT2D eigenvalue weighted by Crippen LogP contribution is 2.29. The molecule has 1 N–H and O–H groups in total. The van der Waals surface area contributed by atoms with Crippen LogP contribution in [0, 0.1) is 13.7 Å². The first-order valence-electron chi connectivity index (χ1n) is 4.97. The molecule has 7 heteroatoms. The zero-order valence-electron chi connectivity index (χ0n) is 9.38. The fraction of sp³-hybridized carbons (Fsp3) is 0.182. The molecular weight excluding hydrogens is 351 g/mol. The minimum Gasteiger partial charge on any atom is -0.480 e. The molecule has 0 aliphatic rings. The van der Waals surface area contributed by atoms with Crippen LogP contribution in [0.15, 0.2) is 30.9 Å². The van der Waals surface area contributed by atoms with Crippen molar-refractivity contribution >= 4 is 39.9 Å². The Morgan fingerprint density at radius 2 is 2.28 bits per heavy atom. The van der Waals surface area contributed by atoms with Gasteiger partial charge in [0.05, 0.1) is 4.92 Å². The first kappa shape index (κ1) is 14.4. The topological polar surface area (TPSA) is 83.7 Å². The number of anilines is 1. The van der Waals surface area contributed by atoms with Gasteiger partial charge in [-0.2, -0.15) is 0 Å². The Balaban J connectivity index is 3.21. The number of carbonyl (C=O) groups is 1. The maximum atomic E-state index is 11.0. The molecule has 0 spiro atoms. The van der Waals surface area contributed by atoms with E-state index in [1.165, 1.54) is 17.0 Å². The van der Waals surface area contributed by atoms with Gasteiger partial charge in [-0.1, -0.05) is 6.08 Å². The van der Waals surface area contributed by atoms with Crippen LogP contribution in [-0.2, 0) is 4.79 Å². The summed E-state index contributed by atoms with van der Waals surface area (Å²) in [4.78, 5) is 22.6. The molecule has 0 aliphatic carbocycles. The minimum absolute atomic E-state index is 0.106. The Hall–Kier alpha value is -1.64. The molecule has 0 saturated heterocycles. The number of aliphatic carboxylic acids is 1. The zero-order chi connectivity index (χ0) is 13.7. The molecule has 0 unspecified atom stereocenters. The van der Waals surface area contributed by atoms with Crippen molar-refractivity contribution in [3.63, 3.8) is 0 Å². The third-order valence-electron chi connectivity index (χ3n) is 2.15. The Kier molecular flexibility index (Phi) is 5.08. The van der Waals surface area contributed by atoms with Gasteiger partial charge in [-0.05, 0) is 34.7 Å². The summed E-state index contributed by atoms with van der Waals surface area (Å²) >= 11 is 1.97. The average molecular weight is 362 g/mol. The highest BCUT2D eigenvalue weighted by atomic mass is 127. The van der Waals surface area contributed by atoms with E-state index in [9.17, 15) is 14.9 Å². The second-order valence-corrected chi connectivity index (χ2v) is 4.70. The summed E-state index contributed by atoms with van der Waals surface area (Å²) < 4.78 is 0.719. The number of hydrogen-bond acceptors (Lipinski definition) is 4. The maximum Gasteiger partial charge on any atom is 0.323 e. The molecule has 0 amide bonds. The second-order valence-electron chi connectivity index (χ2n) is 3.45. The normalized spacial score (nSPS) is 9.83. The molecule has 1 rings (SSSR count). The quantitative estimate of drug-likeness (QED) is 0.363. The average Bonchev–Trinajstić information content (AvgIpc) is 2.27. The van der Waals surface area contributed by atoms with E-state index in [4.69, 9.17) is 5.11 Å². The van der Waals surface area contributed by atoms with E-state index in [1.54, 1.807) is 12.1 Å². The smallest absolute Gasteiger partial charge is 0.323 e. The zero-order valence-corrected chi connectivity index (χ0v) is 11.5. The van der Waals surface area contributed by atoms with E-state index >= 15 is 0 Å². The molecule has 0 heterocycles. The van der Waals surface area contributed by atoms with Crippen molar-refractivity contribution in [2.75, 3.05) is 18.0 Å². The number of carboxylic acids is 1. The predicted octanol–water partition coefficient (Wildman–Crippen LogP) is 2.28. The molecule has 0 bridgehead atoms. The van der Waals surface area contributed by atoms with Crippen LogP contribution in [-0.4, -0.2) is 29.1 Å². The van der Waals surface area contributed by atoms with Crippen LogP contribution in [0.3, 0.4) is 0 Å². The van der Waals surface area contributed by atoms with Crippen molar-refractivity contribution in [3.8, 4) is 0 Å². The number of nitro benzene ring substituents is 1. The van der Waals surface area contributed by atoms with Crippen molar-refractivity contribution in [3.05, 3.63) is 44.5 Å². The first-order chi connectivity index (χ1) is 8.45. The highest BCUT2D eigenvalue weighted by Gasteiger charge is 2.20. The number of carboxylic acid groups (broad SMARTS) is 1. The number of halogens is 1. The van der Waals surface area contributed by atoms with Gasteiger partial charge in [0.1, 0.15) is 12.2 Å². The summed E-state index contributed by atoms with van der Waals surface area (Å²) in [7, 11) is 0. The van der Waals surface area contributed by atoms with Crippen LogP contribution >= 0.6 is 22.6 Å². The molecular formula is C11H11IN2O4. The summed E-state index contributed by atoms with van der Waals surface area (Å²) in [5.41, 5.74) is 0.174. The number of nitrogens with zero attached hydrogens (tertiary/aromatic N) is 2. The first-order valence-corrected chi connectivity index (χ1v) is 6.05. The molecule has 0 aliphatic heterocycles. The summed E-state index contributed by atoms with van der Waals surface area (Å²) in [6, 6.07) is 4.65. The Labute approximate surface area is 117 Å².